The van der Waals surface area contributed by atoms with E-state index in [1.54, 1.807) is 0 Å². The number of carbonyl (C=O) groups excluding carboxylic acids is 1. The van der Waals surface area contributed by atoms with E-state index in [1.165, 1.54) is 161 Å². The molecule has 0 aliphatic heterocycles. The number of esters is 1. The van der Waals surface area contributed by atoms with E-state index in [0.29, 0.717) is 6.42 Å². The average Bonchev–Trinajstić information content (AvgIpc) is 3.04. The van der Waals surface area contributed by atoms with E-state index in [9.17, 15) is 9.59 Å². The van der Waals surface area contributed by atoms with E-state index in [4.69, 9.17) is 9.84 Å². The van der Waals surface area contributed by atoms with Gasteiger partial charge in [0.1, 0.15) is 6.10 Å². The SMILES string of the molecule is CCCCCCCCCCCCCCCCCCCC(=O)OC(CCCCCCCCCCCCC)CCCCCCCC(=O)O. The van der Waals surface area contributed by atoms with Crippen molar-refractivity contribution in [3.8, 4) is 0 Å². The molecule has 1 unspecified atom stereocenters. The van der Waals surface area contributed by atoms with Gasteiger partial charge in [-0.1, -0.05) is 200 Å². The van der Waals surface area contributed by atoms with Crippen molar-refractivity contribution in [3.05, 3.63) is 0 Å². The molecule has 0 rings (SSSR count). The number of hydrogen-bond acceptors (Lipinski definition) is 3. The molecule has 0 fully saturated rings. The van der Waals surface area contributed by atoms with E-state index in [1.807, 2.05) is 0 Å². The highest BCUT2D eigenvalue weighted by Crippen LogP contribution is 2.19. The fraction of sp³-hybridized carbons (Fsp3) is 0.952. The molecule has 1 N–H and O–H groups in total. The minimum Gasteiger partial charge on any atom is -0.481 e. The quantitative estimate of drug-likeness (QED) is 0.0531. The van der Waals surface area contributed by atoms with Crippen LogP contribution in [0, 0.1) is 0 Å². The molecule has 0 spiro atoms. The van der Waals surface area contributed by atoms with Crippen molar-refractivity contribution in [2.75, 3.05) is 0 Å². The van der Waals surface area contributed by atoms with Gasteiger partial charge in [-0.15, -0.1) is 0 Å². The van der Waals surface area contributed by atoms with E-state index in [0.717, 1.165) is 64.2 Å². The van der Waals surface area contributed by atoms with Gasteiger partial charge in [0.15, 0.2) is 0 Å². The molecular formula is C42H82O4. The van der Waals surface area contributed by atoms with Gasteiger partial charge in [-0.05, 0) is 38.5 Å². The van der Waals surface area contributed by atoms with Crippen LogP contribution in [0.5, 0.6) is 0 Å². The minimum atomic E-state index is -0.696. The number of aliphatic carboxylic acids is 1. The maximum absolute atomic E-state index is 12.7. The molecule has 0 aliphatic rings. The summed E-state index contributed by atoms with van der Waals surface area (Å²) in [6, 6.07) is 0. The van der Waals surface area contributed by atoms with E-state index in [-0.39, 0.29) is 18.5 Å². The molecule has 0 aromatic rings. The van der Waals surface area contributed by atoms with Crippen LogP contribution in [-0.4, -0.2) is 23.1 Å². The first-order valence-electron chi connectivity index (χ1n) is 21.0. The van der Waals surface area contributed by atoms with Crippen molar-refractivity contribution in [2.24, 2.45) is 0 Å². The largest absolute Gasteiger partial charge is 0.481 e. The second kappa shape index (κ2) is 38.4. The third-order valence-electron chi connectivity index (χ3n) is 9.83. The highest BCUT2D eigenvalue weighted by molar-refractivity contribution is 5.69. The summed E-state index contributed by atoms with van der Waals surface area (Å²) in [6.45, 7) is 4.57. The summed E-state index contributed by atoms with van der Waals surface area (Å²) in [5, 5.41) is 8.82. The maximum atomic E-state index is 12.7. The molecule has 274 valence electrons. The lowest BCUT2D eigenvalue weighted by Gasteiger charge is -2.18. The zero-order chi connectivity index (χ0) is 33.6. The summed E-state index contributed by atoms with van der Waals surface area (Å²) in [4.78, 5) is 23.4. The second-order valence-corrected chi connectivity index (χ2v) is 14.5. The number of unbranched alkanes of at least 4 members (excludes halogenated alkanes) is 30. The number of carboxylic acids is 1. The summed E-state index contributed by atoms with van der Waals surface area (Å²) in [5.41, 5.74) is 0. The first-order chi connectivity index (χ1) is 22.6. The number of ether oxygens (including phenoxy) is 1. The predicted octanol–water partition coefficient (Wildman–Crippen LogP) is 14.5. The van der Waals surface area contributed by atoms with Gasteiger partial charge in [-0.25, -0.2) is 0 Å². The first-order valence-corrected chi connectivity index (χ1v) is 21.0. The second-order valence-electron chi connectivity index (χ2n) is 14.5. The lowest BCUT2D eigenvalue weighted by Crippen LogP contribution is -2.18. The van der Waals surface area contributed by atoms with E-state index >= 15 is 0 Å². The molecule has 0 aliphatic carbocycles. The Kier molecular flexibility index (Phi) is 37.5. The molecule has 46 heavy (non-hydrogen) atoms. The van der Waals surface area contributed by atoms with E-state index in [2.05, 4.69) is 13.8 Å². The van der Waals surface area contributed by atoms with Gasteiger partial charge in [0.25, 0.3) is 0 Å². The molecule has 0 heterocycles. The summed E-state index contributed by atoms with van der Waals surface area (Å²) in [5.74, 6) is -0.686. The van der Waals surface area contributed by atoms with Crippen molar-refractivity contribution in [1.29, 1.82) is 0 Å². The van der Waals surface area contributed by atoms with Gasteiger partial charge in [0.2, 0.25) is 0 Å². The predicted molar refractivity (Wildman–Crippen MR) is 200 cm³/mol. The molecule has 0 aromatic carbocycles. The van der Waals surface area contributed by atoms with Crippen LogP contribution in [0.15, 0.2) is 0 Å². The zero-order valence-electron chi connectivity index (χ0n) is 31.4. The van der Waals surface area contributed by atoms with Crippen molar-refractivity contribution >= 4 is 11.9 Å². The molecule has 4 nitrogen and oxygen atoms in total. The van der Waals surface area contributed by atoms with Gasteiger partial charge < -0.3 is 9.84 Å². The lowest BCUT2D eigenvalue weighted by molar-refractivity contribution is -0.150. The summed E-state index contributed by atoms with van der Waals surface area (Å²) in [6.07, 6.45) is 45.6. The van der Waals surface area contributed by atoms with Crippen LogP contribution >= 0.6 is 0 Å². The third-order valence-corrected chi connectivity index (χ3v) is 9.83. The molecular weight excluding hydrogens is 568 g/mol. The molecule has 1 atom stereocenters. The van der Waals surface area contributed by atoms with Crippen LogP contribution in [0.2, 0.25) is 0 Å². The van der Waals surface area contributed by atoms with Gasteiger partial charge in [-0.2, -0.15) is 0 Å². The van der Waals surface area contributed by atoms with Gasteiger partial charge in [0.05, 0.1) is 0 Å². The molecule has 0 saturated carbocycles. The Balaban J connectivity index is 3.92. The summed E-state index contributed by atoms with van der Waals surface area (Å²) < 4.78 is 6.01. The molecule has 0 saturated heterocycles. The van der Waals surface area contributed by atoms with Crippen LogP contribution in [0.3, 0.4) is 0 Å². The lowest BCUT2D eigenvalue weighted by atomic mass is 10.0. The number of carbonyl (C=O) groups is 2. The standard InChI is InChI=1S/C42H82O4/c1-3-5-7-9-11-13-15-16-17-18-19-20-22-24-26-31-35-39-42(45)46-40(37-33-29-27-30-34-38-41(43)44)36-32-28-25-23-21-14-12-10-8-6-4-2/h40H,3-39H2,1-2H3,(H,43,44). The fourth-order valence-electron chi connectivity index (χ4n) is 6.72. The van der Waals surface area contributed by atoms with Gasteiger partial charge in [0, 0.05) is 12.8 Å². The van der Waals surface area contributed by atoms with Crippen molar-refractivity contribution in [2.45, 2.75) is 258 Å². The zero-order valence-corrected chi connectivity index (χ0v) is 31.4. The number of rotatable bonds is 39. The monoisotopic (exact) mass is 651 g/mol. The van der Waals surface area contributed by atoms with Gasteiger partial charge >= 0.3 is 11.9 Å². The molecule has 4 heteroatoms. The Labute approximate surface area is 288 Å². The van der Waals surface area contributed by atoms with Crippen molar-refractivity contribution in [3.63, 3.8) is 0 Å². The Morgan fingerprint density at radius 3 is 0.957 bits per heavy atom. The highest BCUT2D eigenvalue weighted by atomic mass is 16.5. The van der Waals surface area contributed by atoms with E-state index < -0.39 is 5.97 Å². The van der Waals surface area contributed by atoms with Crippen LogP contribution in [-0.2, 0) is 14.3 Å². The number of carboxylic acid groups (broad SMARTS) is 1. The van der Waals surface area contributed by atoms with Crippen LogP contribution in [0.4, 0.5) is 0 Å². The van der Waals surface area contributed by atoms with Crippen LogP contribution in [0.1, 0.15) is 251 Å². The Morgan fingerprint density at radius 1 is 0.391 bits per heavy atom. The smallest absolute Gasteiger partial charge is 0.306 e. The average molecular weight is 651 g/mol. The fourth-order valence-corrected chi connectivity index (χ4v) is 6.72. The van der Waals surface area contributed by atoms with Crippen molar-refractivity contribution < 1.29 is 19.4 Å². The normalized spacial score (nSPS) is 12.0. The highest BCUT2D eigenvalue weighted by Gasteiger charge is 2.14. The Hall–Kier alpha value is -1.06. The number of hydrogen-bond donors (Lipinski definition) is 1. The maximum Gasteiger partial charge on any atom is 0.306 e. The molecule has 0 amide bonds. The molecule has 0 aromatic heterocycles. The van der Waals surface area contributed by atoms with Gasteiger partial charge in [-0.3, -0.25) is 9.59 Å². The first kappa shape index (κ1) is 44.9. The Morgan fingerprint density at radius 2 is 0.652 bits per heavy atom. The van der Waals surface area contributed by atoms with Crippen LogP contribution in [0.25, 0.3) is 0 Å². The molecule has 0 bridgehead atoms. The summed E-state index contributed by atoms with van der Waals surface area (Å²) in [7, 11) is 0. The summed E-state index contributed by atoms with van der Waals surface area (Å²) >= 11 is 0. The third kappa shape index (κ3) is 37.4. The van der Waals surface area contributed by atoms with Crippen LogP contribution < -0.4 is 0 Å². The van der Waals surface area contributed by atoms with Crippen molar-refractivity contribution in [1.82, 2.24) is 0 Å². The Bertz CT molecular complexity index is 619. The molecule has 0 radical (unpaired) electrons. The minimum absolute atomic E-state index is 0.00971. The topological polar surface area (TPSA) is 63.6 Å².